The van der Waals surface area contributed by atoms with E-state index in [-0.39, 0.29) is 0 Å². The third-order valence-corrected chi connectivity index (χ3v) is 1.40. The lowest BCUT2D eigenvalue weighted by molar-refractivity contribution is -0.543. The minimum Gasteiger partial charge on any atom is -0.294 e. The summed E-state index contributed by atoms with van der Waals surface area (Å²) >= 11 is 0. The molecule has 1 rings (SSSR count). The van der Waals surface area contributed by atoms with E-state index in [1.165, 1.54) is 6.34 Å². The second-order valence-corrected chi connectivity index (χ2v) is 2.08. The van der Waals surface area contributed by atoms with Crippen molar-refractivity contribution < 1.29 is 8.97 Å². The Labute approximate surface area is 53.4 Å². The molecule has 3 nitrogen and oxygen atoms in total. The second-order valence-electron chi connectivity index (χ2n) is 2.08. The van der Waals surface area contributed by atoms with E-state index in [0.717, 1.165) is 0 Å². The van der Waals surface area contributed by atoms with Crippen LogP contribution in [0.2, 0.25) is 0 Å². The molecule has 0 aromatic rings. The van der Waals surface area contributed by atoms with Crippen molar-refractivity contribution in [3.63, 3.8) is 0 Å². The van der Waals surface area contributed by atoms with Gasteiger partial charge in [-0.3, -0.25) is 15.6 Å². The molecule has 3 N–H and O–H groups in total. The van der Waals surface area contributed by atoms with Crippen LogP contribution in [0.5, 0.6) is 0 Å². The smallest absolute Gasteiger partial charge is 0.230 e. The van der Waals surface area contributed by atoms with Gasteiger partial charge in [-0.15, -0.1) is 0 Å². The van der Waals surface area contributed by atoms with Crippen LogP contribution < -0.4 is 11.1 Å². The van der Waals surface area contributed by atoms with E-state index in [4.69, 9.17) is 5.73 Å². The molecule has 0 spiro atoms. The topological polar surface area (TPSA) is 41.1 Å². The maximum Gasteiger partial charge on any atom is 0.230 e. The number of nitrogens with zero attached hydrogens (tertiary/aromatic N) is 1. The lowest BCUT2D eigenvalue weighted by atomic mass is 10.3. The number of nitrogens with one attached hydrogen (secondary N) is 1. The first-order valence-corrected chi connectivity index (χ1v) is 2.99. The molecule has 1 aliphatic rings. The van der Waals surface area contributed by atoms with Crippen molar-refractivity contribution in [2.24, 2.45) is 5.73 Å². The summed E-state index contributed by atoms with van der Waals surface area (Å²) in [7, 11) is 0. The molecule has 0 amide bonds. The molecular formula is C5H11FN3+. The summed E-state index contributed by atoms with van der Waals surface area (Å²) < 4.78 is 14.1. The van der Waals surface area contributed by atoms with Gasteiger partial charge in [0, 0.05) is 6.42 Å². The molecule has 0 aromatic carbocycles. The zero-order valence-corrected chi connectivity index (χ0v) is 5.18. The van der Waals surface area contributed by atoms with Crippen LogP contribution >= 0.6 is 0 Å². The predicted octanol–water partition coefficient (Wildman–Crippen LogP) is -0.768. The summed E-state index contributed by atoms with van der Waals surface area (Å²) in [5.41, 5.74) is 5.19. The van der Waals surface area contributed by atoms with Gasteiger partial charge in [-0.25, -0.2) is 4.39 Å². The van der Waals surface area contributed by atoms with Crippen LogP contribution in [0.4, 0.5) is 4.39 Å². The SMILES string of the molecule is N/C=[N+]1/CCC(F)NC1. The Morgan fingerprint density at radius 1 is 1.78 bits per heavy atom. The van der Waals surface area contributed by atoms with Gasteiger partial charge in [0.25, 0.3) is 0 Å². The van der Waals surface area contributed by atoms with Crippen LogP contribution in [-0.2, 0) is 0 Å². The molecule has 1 atom stereocenters. The molecule has 1 unspecified atom stereocenters. The summed E-state index contributed by atoms with van der Waals surface area (Å²) in [4.78, 5) is 0. The fourth-order valence-electron chi connectivity index (χ4n) is 0.804. The lowest BCUT2D eigenvalue weighted by Crippen LogP contribution is -2.42. The van der Waals surface area contributed by atoms with Crippen molar-refractivity contribution in [3.05, 3.63) is 0 Å². The van der Waals surface area contributed by atoms with E-state index in [1.807, 2.05) is 4.58 Å². The molecule has 52 valence electrons. The molecule has 1 aliphatic heterocycles. The summed E-state index contributed by atoms with van der Waals surface area (Å²) in [5, 5.41) is 2.63. The van der Waals surface area contributed by atoms with Gasteiger partial charge < -0.3 is 0 Å². The molecular weight excluding hydrogens is 121 g/mol. The van der Waals surface area contributed by atoms with E-state index in [9.17, 15) is 4.39 Å². The van der Waals surface area contributed by atoms with Gasteiger partial charge in [-0.05, 0) is 0 Å². The monoisotopic (exact) mass is 132 g/mol. The predicted molar refractivity (Wildman–Crippen MR) is 32.9 cm³/mol. The van der Waals surface area contributed by atoms with Crippen LogP contribution in [0.3, 0.4) is 0 Å². The third-order valence-electron chi connectivity index (χ3n) is 1.40. The average Bonchev–Trinajstić information content (AvgIpc) is 1.90. The molecule has 9 heavy (non-hydrogen) atoms. The molecule has 4 heteroatoms. The first kappa shape index (κ1) is 6.48. The number of alkyl halides is 1. The Morgan fingerprint density at radius 3 is 3.00 bits per heavy atom. The fourth-order valence-corrected chi connectivity index (χ4v) is 0.804. The van der Waals surface area contributed by atoms with Gasteiger partial charge in [0.15, 0.2) is 6.30 Å². The number of hydrogen-bond acceptors (Lipinski definition) is 1. The highest BCUT2D eigenvalue weighted by Crippen LogP contribution is 1.97. The fraction of sp³-hybridized carbons (Fsp3) is 0.800. The van der Waals surface area contributed by atoms with E-state index in [1.54, 1.807) is 0 Å². The van der Waals surface area contributed by atoms with E-state index >= 15 is 0 Å². The first-order chi connectivity index (χ1) is 4.33. The van der Waals surface area contributed by atoms with Crippen LogP contribution in [0.25, 0.3) is 0 Å². The number of hydrogen-bond donors (Lipinski definition) is 2. The van der Waals surface area contributed by atoms with Gasteiger partial charge in [-0.2, -0.15) is 0 Å². The lowest BCUT2D eigenvalue weighted by Gasteiger charge is -2.17. The Morgan fingerprint density at radius 2 is 2.56 bits per heavy atom. The molecule has 1 heterocycles. The quantitative estimate of drug-likeness (QED) is 0.258. The van der Waals surface area contributed by atoms with Crippen LogP contribution in [0.1, 0.15) is 6.42 Å². The third kappa shape index (κ3) is 1.64. The molecule has 0 bridgehead atoms. The second kappa shape index (κ2) is 2.77. The number of rotatable bonds is 0. The summed E-state index contributed by atoms with van der Waals surface area (Å²) in [6.07, 6.45) is 1.15. The van der Waals surface area contributed by atoms with Crippen molar-refractivity contribution in [3.8, 4) is 0 Å². The Bertz CT molecular complexity index is 113. The molecule has 1 saturated heterocycles. The highest BCUT2D eigenvalue weighted by molar-refractivity contribution is 5.44. The molecule has 0 saturated carbocycles. The summed E-state index contributed by atoms with van der Waals surface area (Å²) in [6.45, 7) is 1.24. The van der Waals surface area contributed by atoms with Gasteiger partial charge >= 0.3 is 0 Å². The molecule has 0 radical (unpaired) electrons. The van der Waals surface area contributed by atoms with Crippen molar-refractivity contribution in [2.45, 2.75) is 12.7 Å². The summed E-state index contributed by atoms with van der Waals surface area (Å²) in [6, 6.07) is 0. The normalized spacial score (nSPS) is 33.0. The minimum absolute atomic E-state index is 0.522. The number of halogens is 1. The highest BCUT2D eigenvalue weighted by Gasteiger charge is 2.14. The van der Waals surface area contributed by atoms with Crippen LogP contribution in [-0.4, -0.2) is 30.4 Å². The first-order valence-electron chi connectivity index (χ1n) is 2.99. The zero-order valence-electron chi connectivity index (χ0n) is 5.18. The largest absolute Gasteiger partial charge is 0.294 e. The highest BCUT2D eigenvalue weighted by atomic mass is 19.1. The summed E-state index contributed by atoms with van der Waals surface area (Å²) in [5.74, 6) is 0. The zero-order chi connectivity index (χ0) is 6.69. The maximum absolute atomic E-state index is 12.3. The van der Waals surface area contributed by atoms with E-state index < -0.39 is 6.30 Å². The standard InChI is InChI=1S/C5H10FN3/c6-5-1-2-9(3-7)4-8-5/h3,5,7-8H,1-2,4H2/p+1. The van der Waals surface area contributed by atoms with Crippen molar-refractivity contribution in [1.29, 1.82) is 0 Å². The minimum atomic E-state index is -0.846. The average molecular weight is 132 g/mol. The Balaban J connectivity index is 2.35. The van der Waals surface area contributed by atoms with E-state index in [2.05, 4.69) is 5.32 Å². The van der Waals surface area contributed by atoms with Gasteiger partial charge in [0.1, 0.15) is 6.67 Å². The number of nitrogens with two attached hydrogens (primary N) is 1. The van der Waals surface area contributed by atoms with Crippen LogP contribution in [0.15, 0.2) is 0 Å². The molecule has 0 aromatic heterocycles. The maximum atomic E-state index is 12.3. The Hall–Kier alpha value is -0.640. The molecule has 0 aliphatic carbocycles. The van der Waals surface area contributed by atoms with Crippen LogP contribution in [0, 0.1) is 0 Å². The Kier molecular flexibility index (Phi) is 2.00. The van der Waals surface area contributed by atoms with Gasteiger partial charge in [0.05, 0.1) is 6.54 Å². The van der Waals surface area contributed by atoms with Crippen molar-refractivity contribution in [2.75, 3.05) is 13.2 Å². The molecule has 1 fully saturated rings. The van der Waals surface area contributed by atoms with E-state index in [0.29, 0.717) is 19.6 Å². The van der Waals surface area contributed by atoms with Gasteiger partial charge in [0.2, 0.25) is 6.34 Å². The van der Waals surface area contributed by atoms with Crippen molar-refractivity contribution >= 4 is 6.34 Å². The van der Waals surface area contributed by atoms with Crippen molar-refractivity contribution in [1.82, 2.24) is 5.32 Å². The van der Waals surface area contributed by atoms with Gasteiger partial charge in [-0.1, -0.05) is 0 Å².